The largest absolute Gasteiger partial charge is 0.460 e. The van der Waals surface area contributed by atoms with Crippen LogP contribution in [0.4, 0.5) is 5.69 Å². The number of ether oxygens (including phenoxy) is 1. The molecule has 0 aliphatic rings. The third-order valence-corrected chi connectivity index (χ3v) is 4.83. The van der Waals surface area contributed by atoms with E-state index in [9.17, 15) is 14.4 Å². The van der Waals surface area contributed by atoms with Crippen LogP contribution in [-0.2, 0) is 16.0 Å². The first-order valence-electron chi connectivity index (χ1n) is 10.5. The Morgan fingerprint density at radius 1 is 0.812 bits per heavy atom. The van der Waals surface area contributed by atoms with E-state index in [1.165, 1.54) is 5.56 Å². The molecule has 0 atom stereocenters. The minimum Gasteiger partial charge on any atom is -0.460 e. The number of carbonyl (C=O) groups excluding carboxylic acids is 3. The fourth-order valence-electron chi connectivity index (χ4n) is 3.00. The molecule has 0 fully saturated rings. The number of carbonyl (C=O) groups is 3. The first kappa shape index (κ1) is 22.7. The highest BCUT2D eigenvalue weighted by molar-refractivity contribution is 6.04. The van der Waals surface area contributed by atoms with Crippen LogP contribution in [-0.4, -0.2) is 30.9 Å². The molecule has 0 saturated carbocycles. The minimum atomic E-state index is -0.486. The van der Waals surface area contributed by atoms with E-state index in [4.69, 9.17) is 4.74 Å². The molecule has 0 spiro atoms. The van der Waals surface area contributed by atoms with Gasteiger partial charge in [-0.2, -0.15) is 0 Å². The number of benzene rings is 3. The van der Waals surface area contributed by atoms with Crippen LogP contribution in [0.1, 0.15) is 38.3 Å². The molecule has 0 aliphatic carbocycles. The summed E-state index contributed by atoms with van der Waals surface area (Å²) in [6.07, 6.45) is 1.05. The summed E-state index contributed by atoms with van der Waals surface area (Å²) < 4.78 is 5.20. The maximum absolute atomic E-state index is 12.2. The van der Waals surface area contributed by atoms with E-state index in [1.54, 1.807) is 48.5 Å². The lowest BCUT2D eigenvalue weighted by Crippen LogP contribution is -2.28. The van der Waals surface area contributed by atoms with Crippen molar-refractivity contribution in [3.05, 3.63) is 101 Å². The van der Waals surface area contributed by atoms with Gasteiger partial charge >= 0.3 is 5.97 Å². The number of nitrogens with one attached hydrogen (secondary N) is 2. The van der Waals surface area contributed by atoms with E-state index in [2.05, 4.69) is 10.6 Å². The van der Waals surface area contributed by atoms with E-state index < -0.39 is 5.97 Å². The summed E-state index contributed by atoms with van der Waals surface area (Å²) >= 11 is 0. The molecule has 0 heterocycles. The predicted molar refractivity (Wildman–Crippen MR) is 124 cm³/mol. The highest BCUT2D eigenvalue weighted by Crippen LogP contribution is 2.12. The van der Waals surface area contributed by atoms with Gasteiger partial charge in [0.15, 0.2) is 0 Å². The SMILES string of the molecule is Cc1ccc(CCC(=O)NCCOC(=O)c2ccc(NC(=O)c3ccccc3)cc2)cc1. The zero-order chi connectivity index (χ0) is 22.8. The molecule has 0 aromatic heterocycles. The predicted octanol–water partition coefficient (Wildman–Crippen LogP) is 4.15. The first-order valence-corrected chi connectivity index (χ1v) is 10.5. The van der Waals surface area contributed by atoms with Gasteiger partial charge in [-0.25, -0.2) is 4.79 Å². The van der Waals surface area contributed by atoms with Crippen molar-refractivity contribution in [2.45, 2.75) is 19.8 Å². The van der Waals surface area contributed by atoms with Gasteiger partial charge in [0.1, 0.15) is 6.61 Å². The lowest BCUT2D eigenvalue weighted by Gasteiger charge is -2.08. The molecular weight excluding hydrogens is 404 g/mol. The summed E-state index contributed by atoms with van der Waals surface area (Å²) in [7, 11) is 0. The molecule has 0 bridgehead atoms. The average molecular weight is 431 g/mol. The molecule has 0 aliphatic heterocycles. The van der Waals surface area contributed by atoms with E-state index in [-0.39, 0.29) is 25.0 Å². The lowest BCUT2D eigenvalue weighted by molar-refractivity contribution is -0.121. The Morgan fingerprint density at radius 3 is 2.19 bits per heavy atom. The van der Waals surface area contributed by atoms with Crippen LogP contribution in [0.3, 0.4) is 0 Å². The molecular formula is C26H26N2O4. The van der Waals surface area contributed by atoms with Crippen molar-refractivity contribution in [2.24, 2.45) is 0 Å². The van der Waals surface area contributed by atoms with E-state index >= 15 is 0 Å². The number of hydrogen-bond acceptors (Lipinski definition) is 4. The van der Waals surface area contributed by atoms with Gasteiger partial charge in [-0.05, 0) is 55.3 Å². The second-order valence-electron chi connectivity index (χ2n) is 7.37. The Balaban J connectivity index is 1.36. The summed E-state index contributed by atoms with van der Waals surface area (Å²) in [5.41, 5.74) is 3.80. The molecule has 0 radical (unpaired) electrons. The molecule has 6 heteroatoms. The average Bonchev–Trinajstić information content (AvgIpc) is 2.82. The fraction of sp³-hybridized carbons (Fsp3) is 0.192. The Kier molecular flexibility index (Phi) is 8.15. The lowest BCUT2D eigenvalue weighted by atomic mass is 10.1. The van der Waals surface area contributed by atoms with Crippen molar-refractivity contribution in [1.82, 2.24) is 5.32 Å². The molecule has 6 nitrogen and oxygen atoms in total. The molecule has 3 rings (SSSR count). The van der Waals surface area contributed by atoms with Gasteiger partial charge in [0.2, 0.25) is 5.91 Å². The first-order chi connectivity index (χ1) is 15.5. The summed E-state index contributed by atoms with van der Waals surface area (Å²) in [6.45, 7) is 2.36. The number of esters is 1. The van der Waals surface area contributed by atoms with Crippen molar-refractivity contribution >= 4 is 23.5 Å². The molecule has 3 aromatic rings. The fourth-order valence-corrected chi connectivity index (χ4v) is 3.00. The molecule has 0 saturated heterocycles. The number of hydrogen-bond donors (Lipinski definition) is 2. The smallest absolute Gasteiger partial charge is 0.338 e. The molecule has 3 aromatic carbocycles. The Labute approximate surface area is 187 Å². The van der Waals surface area contributed by atoms with Gasteiger partial charge in [0, 0.05) is 17.7 Å². The van der Waals surface area contributed by atoms with E-state index in [1.807, 2.05) is 37.3 Å². The zero-order valence-corrected chi connectivity index (χ0v) is 18.0. The van der Waals surface area contributed by atoms with Gasteiger partial charge in [0.05, 0.1) is 12.1 Å². The molecule has 32 heavy (non-hydrogen) atoms. The Hall–Kier alpha value is -3.93. The van der Waals surface area contributed by atoms with Crippen LogP contribution < -0.4 is 10.6 Å². The summed E-state index contributed by atoms with van der Waals surface area (Å²) in [5.74, 6) is -0.793. The minimum absolute atomic E-state index is 0.0832. The number of anilines is 1. The van der Waals surface area contributed by atoms with E-state index in [0.29, 0.717) is 29.7 Å². The van der Waals surface area contributed by atoms with Gasteiger partial charge in [-0.3, -0.25) is 9.59 Å². The summed E-state index contributed by atoms with van der Waals surface area (Å²) in [5, 5.41) is 5.53. The molecule has 2 amide bonds. The van der Waals surface area contributed by atoms with Crippen molar-refractivity contribution in [3.63, 3.8) is 0 Å². The van der Waals surface area contributed by atoms with Gasteiger partial charge in [-0.15, -0.1) is 0 Å². The van der Waals surface area contributed by atoms with Crippen LogP contribution in [0.25, 0.3) is 0 Å². The van der Waals surface area contributed by atoms with Crippen LogP contribution in [0.2, 0.25) is 0 Å². The number of aryl methyl sites for hydroxylation is 2. The van der Waals surface area contributed by atoms with Crippen molar-refractivity contribution in [3.8, 4) is 0 Å². The number of rotatable bonds is 9. The maximum Gasteiger partial charge on any atom is 0.338 e. The van der Waals surface area contributed by atoms with Gasteiger partial charge in [-0.1, -0.05) is 48.0 Å². The highest BCUT2D eigenvalue weighted by Gasteiger charge is 2.09. The third-order valence-electron chi connectivity index (χ3n) is 4.83. The monoisotopic (exact) mass is 430 g/mol. The normalized spacial score (nSPS) is 10.3. The highest BCUT2D eigenvalue weighted by atomic mass is 16.5. The molecule has 2 N–H and O–H groups in total. The summed E-state index contributed by atoms with van der Waals surface area (Å²) in [6, 6.07) is 23.4. The van der Waals surface area contributed by atoms with Crippen molar-refractivity contribution < 1.29 is 19.1 Å². The second-order valence-corrected chi connectivity index (χ2v) is 7.37. The van der Waals surface area contributed by atoms with Crippen LogP contribution in [0.15, 0.2) is 78.9 Å². The van der Waals surface area contributed by atoms with E-state index in [0.717, 1.165) is 5.56 Å². The second kappa shape index (κ2) is 11.5. The number of amides is 2. The topological polar surface area (TPSA) is 84.5 Å². The van der Waals surface area contributed by atoms with Crippen LogP contribution in [0, 0.1) is 6.92 Å². The molecule has 0 unspecified atom stereocenters. The maximum atomic E-state index is 12.2. The van der Waals surface area contributed by atoms with Crippen molar-refractivity contribution in [2.75, 3.05) is 18.5 Å². The van der Waals surface area contributed by atoms with Crippen LogP contribution in [0.5, 0.6) is 0 Å². The third kappa shape index (κ3) is 7.09. The Bertz CT molecular complexity index is 1050. The summed E-state index contributed by atoms with van der Waals surface area (Å²) in [4.78, 5) is 36.3. The van der Waals surface area contributed by atoms with Crippen LogP contribution >= 0.6 is 0 Å². The Morgan fingerprint density at radius 2 is 1.50 bits per heavy atom. The zero-order valence-electron chi connectivity index (χ0n) is 18.0. The van der Waals surface area contributed by atoms with Crippen molar-refractivity contribution in [1.29, 1.82) is 0 Å². The molecule has 164 valence electrons. The standard InChI is InChI=1S/C26H26N2O4/c1-19-7-9-20(10-8-19)11-16-24(29)27-17-18-32-26(31)22-12-14-23(15-13-22)28-25(30)21-5-3-2-4-6-21/h2-10,12-15H,11,16-18H2,1H3,(H,27,29)(H,28,30). The quantitative estimate of drug-likeness (QED) is 0.394. The van der Waals surface area contributed by atoms with Gasteiger partial charge in [0.25, 0.3) is 5.91 Å². The van der Waals surface area contributed by atoms with Gasteiger partial charge < -0.3 is 15.4 Å².